The molecule has 4 rings (SSSR count). The van der Waals surface area contributed by atoms with Crippen LogP contribution in [0.25, 0.3) is 11.1 Å². The predicted molar refractivity (Wildman–Crippen MR) is 136 cm³/mol. The molecule has 2 heterocycles. The number of aromatic nitrogens is 1. The standard InChI is InChI=1S/C27H26F4N2O5S/c1-2-37-26(34)25-9-4-3-8-21(23-13-11-20(16-32-23)38-39(35,36)27(29,30)31)17-6-5-7-18(14-17)22-15-19(28)10-12-24(22)33-25/h5-7,10-16,21,25,33H,2-4,8-9H2,1H3. The van der Waals surface area contributed by atoms with E-state index in [0.717, 1.165) is 17.8 Å². The van der Waals surface area contributed by atoms with E-state index in [1.165, 1.54) is 18.2 Å². The average molecular weight is 567 g/mol. The van der Waals surface area contributed by atoms with Crippen LogP contribution in [0.15, 0.2) is 60.8 Å². The molecule has 2 unspecified atom stereocenters. The monoisotopic (exact) mass is 566 g/mol. The third kappa shape index (κ3) is 6.67. The van der Waals surface area contributed by atoms with E-state index in [-0.39, 0.29) is 12.5 Å². The normalized spacial score (nSPS) is 18.1. The van der Waals surface area contributed by atoms with E-state index in [9.17, 15) is 30.8 Å². The fourth-order valence-electron chi connectivity index (χ4n) is 4.49. The van der Waals surface area contributed by atoms with Crippen molar-refractivity contribution in [2.75, 3.05) is 11.9 Å². The van der Waals surface area contributed by atoms with Crippen molar-refractivity contribution >= 4 is 21.8 Å². The van der Waals surface area contributed by atoms with Crippen molar-refractivity contribution in [1.82, 2.24) is 4.98 Å². The number of halogens is 4. The van der Waals surface area contributed by atoms with Gasteiger partial charge in [0.1, 0.15) is 11.9 Å². The number of carbonyl (C=O) groups is 1. The Morgan fingerprint density at radius 1 is 1.08 bits per heavy atom. The molecule has 12 heteroatoms. The highest BCUT2D eigenvalue weighted by Gasteiger charge is 2.48. The molecule has 1 aliphatic heterocycles. The van der Waals surface area contributed by atoms with E-state index < -0.39 is 39.2 Å². The maximum atomic E-state index is 14.3. The lowest BCUT2D eigenvalue weighted by atomic mass is 9.87. The third-order valence-corrected chi connectivity index (χ3v) is 7.30. The van der Waals surface area contributed by atoms with Gasteiger partial charge in [-0.3, -0.25) is 4.98 Å². The molecule has 0 saturated carbocycles. The van der Waals surface area contributed by atoms with Gasteiger partial charge in [-0.25, -0.2) is 9.18 Å². The lowest BCUT2D eigenvalue weighted by Crippen LogP contribution is -2.31. The Bertz CT molecular complexity index is 1430. The van der Waals surface area contributed by atoms with E-state index in [2.05, 4.69) is 14.5 Å². The van der Waals surface area contributed by atoms with Crippen molar-refractivity contribution in [3.8, 4) is 16.9 Å². The van der Waals surface area contributed by atoms with Gasteiger partial charge >= 0.3 is 21.6 Å². The van der Waals surface area contributed by atoms with Gasteiger partial charge < -0.3 is 14.2 Å². The smallest absolute Gasteiger partial charge is 0.464 e. The summed E-state index contributed by atoms with van der Waals surface area (Å²) in [7, 11) is -5.82. The van der Waals surface area contributed by atoms with Crippen LogP contribution in [0.5, 0.6) is 5.75 Å². The molecule has 0 amide bonds. The summed E-state index contributed by atoms with van der Waals surface area (Å²) >= 11 is 0. The van der Waals surface area contributed by atoms with Crippen LogP contribution in [0.4, 0.5) is 23.2 Å². The Morgan fingerprint density at radius 3 is 2.54 bits per heavy atom. The Kier molecular flexibility index (Phi) is 8.43. The largest absolute Gasteiger partial charge is 0.534 e. The van der Waals surface area contributed by atoms with Crippen LogP contribution in [-0.2, 0) is 19.6 Å². The summed E-state index contributed by atoms with van der Waals surface area (Å²) in [5, 5.41) is 3.22. The van der Waals surface area contributed by atoms with Crippen LogP contribution in [0.2, 0.25) is 0 Å². The number of esters is 1. The topological polar surface area (TPSA) is 94.6 Å². The second-order valence-electron chi connectivity index (χ2n) is 9.00. The van der Waals surface area contributed by atoms with E-state index in [0.29, 0.717) is 48.2 Å². The van der Waals surface area contributed by atoms with Gasteiger partial charge in [-0.05, 0) is 61.2 Å². The molecule has 3 aromatic rings. The van der Waals surface area contributed by atoms with Crippen LogP contribution >= 0.6 is 0 Å². The number of nitrogens with zero attached hydrogens (tertiary/aromatic N) is 1. The first-order valence-electron chi connectivity index (χ1n) is 12.3. The fraction of sp³-hybridized carbons (Fsp3) is 0.333. The number of rotatable bonds is 5. The summed E-state index contributed by atoms with van der Waals surface area (Å²) in [5.41, 5.74) is -2.46. The minimum Gasteiger partial charge on any atom is -0.464 e. The summed E-state index contributed by atoms with van der Waals surface area (Å²) in [6.45, 7) is 1.93. The molecule has 0 aliphatic carbocycles. The first-order valence-corrected chi connectivity index (χ1v) is 13.7. The molecule has 0 saturated heterocycles. The Balaban J connectivity index is 1.71. The van der Waals surface area contributed by atoms with Crippen LogP contribution in [0, 0.1) is 5.82 Å². The predicted octanol–water partition coefficient (Wildman–Crippen LogP) is 6.17. The molecule has 0 spiro atoms. The maximum absolute atomic E-state index is 14.3. The van der Waals surface area contributed by atoms with Crippen LogP contribution < -0.4 is 9.50 Å². The van der Waals surface area contributed by atoms with E-state index in [1.54, 1.807) is 25.1 Å². The number of nitrogens with one attached hydrogen (secondary N) is 1. The summed E-state index contributed by atoms with van der Waals surface area (Å²) in [6, 6.07) is 13.5. The molecule has 2 aromatic carbocycles. The second-order valence-corrected chi connectivity index (χ2v) is 10.5. The minimum absolute atomic E-state index is 0.215. The van der Waals surface area contributed by atoms with Gasteiger partial charge in [0.2, 0.25) is 0 Å². The van der Waals surface area contributed by atoms with Crippen LogP contribution in [0.3, 0.4) is 0 Å². The van der Waals surface area contributed by atoms with Crippen molar-refractivity contribution in [1.29, 1.82) is 0 Å². The van der Waals surface area contributed by atoms with E-state index in [4.69, 9.17) is 4.74 Å². The molecular weight excluding hydrogens is 540 g/mol. The summed E-state index contributed by atoms with van der Waals surface area (Å²) in [5.74, 6) is -1.75. The summed E-state index contributed by atoms with van der Waals surface area (Å²) in [4.78, 5) is 16.9. The highest BCUT2D eigenvalue weighted by Crippen LogP contribution is 2.36. The maximum Gasteiger partial charge on any atom is 0.534 e. The summed E-state index contributed by atoms with van der Waals surface area (Å²) in [6.07, 6.45) is 3.26. The molecule has 1 aromatic heterocycles. The zero-order chi connectivity index (χ0) is 28.2. The molecule has 39 heavy (non-hydrogen) atoms. The number of pyridine rings is 1. The zero-order valence-electron chi connectivity index (χ0n) is 20.9. The molecular formula is C27H26F4N2O5S. The number of hydrogen-bond acceptors (Lipinski definition) is 7. The first-order chi connectivity index (χ1) is 18.5. The molecule has 2 atom stereocenters. The number of fused-ring (bicyclic) bond motifs is 4. The molecule has 0 radical (unpaired) electrons. The first kappa shape index (κ1) is 28.3. The van der Waals surface area contributed by atoms with Crippen molar-refractivity contribution in [3.05, 3.63) is 77.9 Å². The number of benzene rings is 2. The second kappa shape index (κ2) is 11.6. The quantitative estimate of drug-likeness (QED) is 0.171. The van der Waals surface area contributed by atoms with E-state index in [1.807, 2.05) is 12.1 Å². The lowest BCUT2D eigenvalue weighted by molar-refractivity contribution is -0.144. The van der Waals surface area contributed by atoms with Gasteiger partial charge in [0.15, 0.2) is 5.75 Å². The number of ether oxygens (including phenoxy) is 1. The lowest BCUT2D eigenvalue weighted by Gasteiger charge is -2.24. The highest BCUT2D eigenvalue weighted by atomic mass is 32.2. The number of anilines is 1. The number of alkyl halides is 3. The van der Waals surface area contributed by atoms with Crippen LogP contribution in [-0.4, -0.2) is 37.5 Å². The van der Waals surface area contributed by atoms with Gasteiger partial charge in [0.25, 0.3) is 0 Å². The third-order valence-electron chi connectivity index (χ3n) is 6.32. The average Bonchev–Trinajstić information content (AvgIpc) is 2.88. The minimum atomic E-state index is -5.82. The van der Waals surface area contributed by atoms with Crippen molar-refractivity contribution in [3.63, 3.8) is 0 Å². The zero-order valence-corrected chi connectivity index (χ0v) is 21.7. The molecule has 1 aliphatic rings. The number of carbonyl (C=O) groups excluding carboxylic acids is 1. The van der Waals surface area contributed by atoms with Crippen molar-refractivity contribution in [2.45, 2.75) is 50.1 Å². The molecule has 7 nitrogen and oxygen atoms in total. The van der Waals surface area contributed by atoms with Crippen LogP contribution in [0.1, 0.15) is 49.8 Å². The fourth-order valence-corrected chi connectivity index (χ4v) is 4.93. The van der Waals surface area contributed by atoms with Gasteiger partial charge in [0.05, 0.1) is 12.8 Å². The van der Waals surface area contributed by atoms with Gasteiger partial charge in [0, 0.05) is 22.9 Å². The van der Waals surface area contributed by atoms with Crippen molar-refractivity contribution in [2.24, 2.45) is 0 Å². The van der Waals surface area contributed by atoms with Crippen molar-refractivity contribution < 1.29 is 39.7 Å². The molecule has 1 N–H and O–H groups in total. The van der Waals surface area contributed by atoms with Gasteiger partial charge in [-0.2, -0.15) is 21.6 Å². The molecule has 208 valence electrons. The SMILES string of the molecule is CCOC(=O)C1CCCCC(c2ccc(OS(=O)(=O)C(F)(F)F)cn2)c2cccc(c2)-c2cc(F)ccc2N1. The number of hydrogen-bond donors (Lipinski definition) is 1. The molecule has 0 fully saturated rings. The van der Waals surface area contributed by atoms with E-state index >= 15 is 0 Å². The van der Waals surface area contributed by atoms with Gasteiger partial charge in [-0.15, -0.1) is 0 Å². The Morgan fingerprint density at radius 2 is 1.85 bits per heavy atom. The Hall–Kier alpha value is -3.67. The Labute approximate surface area is 223 Å². The highest BCUT2D eigenvalue weighted by molar-refractivity contribution is 7.88. The van der Waals surface area contributed by atoms with Gasteiger partial charge in [-0.1, -0.05) is 37.1 Å². The molecule has 2 bridgehead atoms. The summed E-state index contributed by atoms with van der Waals surface area (Å²) < 4.78 is 84.5.